The fraction of sp³-hybridized carbons (Fsp3) is 0.471. The number of anilines is 1. The second-order valence-electron chi connectivity index (χ2n) is 5.17. The van der Waals surface area contributed by atoms with Gasteiger partial charge in [0, 0.05) is 24.3 Å². The van der Waals surface area contributed by atoms with E-state index in [1.807, 2.05) is 39.8 Å². The van der Waals surface area contributed by atoms with E-state index in [-0.39, 0.29) is 11.9 Å². The smallest absolute Gasteiger partial charge is 0.326 e. The van der Waals surface area contributed by atoms with Gasteiger partial charge in [-0.1, -0.05) is 13.8 Å². The highest BCUT2D eigenvalue weighted by Crippen LogP contribution is 2.25. The number of guanidine groups is 1. The summed E-state index contributed by atoms with van der Waals surface area (Å²) in [5.74, 6) is -0.0396. The minimum absolute atomic E-state index is 0.0741. The second-order valence-corrected chi connectivity index (χ2v) is 5.17. The van der Waals surface area contributed by atoms with E-state index in [0.29, 0.717) is 31.5 Å². The average Bonchev–Trinajstić information content (AvgIpc) is 2.55. The number of aliphatic imine (C=N–C) groups is 1. The Bertz CT molecular complexity index is 600. The van der Waals surface area contributed by atoms with Crippen molar-refractivity contribution >= 4 is 23.6 Å². The molecule has 0 saturated carbocycles. The Morgan fingerprint density at radius 2 is 1.67 bits per heavy atom. The third kappa shape index (κ3) is 5.26. The third-order valence-electron chi connectivity index (χ3n) is 3.47. The quantitative estimate of drug-likeness (QED) is 0.472. The Morgan fingerprint density at radius 1 is 1.08 bits per heavy atom. The fourth-order valence-electron chi connectivity index (χ4n) is 2.35. The number of nitrogens with one attached hydrogen (secondary N) is 3. The highest BCUT2D eigenvalue weighted by molar-refractivity contribution is 6.03. The van der Waals surface area contributed by atoms with Crippen LogP contribution in [-0.4, -0.2) is 31.0 Å². The maximum absolute atomic E-state index is 12.1. The SMILES string of the molecule is CCN=C(N)NC(=O)Nc1c(CC)cc(C(=O)NCC)cc1CC. The lowest BCUT2D eigenvalue weighted by Crippen LogP contribution is -2.40. The van der Waals surface area contributed by atoms with E-state index < -0.39 is 6.03 Å². The molecule has 1 aromatic rings. The summed E-state index contributed by atoms with van der Waals surface area (Å²) in [5.41, 5.74) is 8.72. The maximum atomic E-state index is 12.1. The highest BCUT2D eigenvalue weighted by atomic mass is 16.2. The van der Waals surface area contributed by atoms with Gasteiger partial charge >= 0.3 is 6.03 Å². The molecule has 0 fully saturated rings. The number of hydrogen-bond donors (Lipinski definition) is 4. The topological polar surface area (TPSA) is 109 Å². The molecule has 0 aromatic heterocycles. The van der Waals surface area contributed by atoms with E-state index in [2.05, 4.69) is 20.9 Å². The van der Waals surface area contributed by atoms with Gasteiger partial charge in [0.15, 0.2) is 5.96 Å². The average molecular weight is 333 g/mol. The van der Waals surface area contributed by atoms with Crippen LogP contribution in [0.3, 0.4) is 0 Å². The molecule has 0 aliphatic heterocycles. The number of nitrogens with zero attached hydrogens (tertiary/aromatic N) is 1. The first kappa shape index (κ1) is 19.5. The monoisotopic (exact) mass is 333 g/mol. The van der Waals surface area contributed by atoms with Crippen LogP contribution in [0, 0.1) is 0 Å². The molecule has 1 rings (SSSR count). The molecule has 3 amide bonds. The van der Waals surface area contributed by atoms with E-state index >= 15 is 0 Å². The molecule has 7 heteroatoms. The molecule has 0 radical (unpaired) electrons. The van der Waals surface area contributed by atoms with Gasteiger partial charge < -0.3 is 16.4 Å². The van der Waals surface area contributed by atoms with Crippen LogP contribution in [-0.2, 0) is 12.8 Å². The molecule has 132 valence electrons. The van der Waals surface area contributed by atoms with Gasteiger partial charge in [0.2, 0.25) is 0 Å². The number of carbonyl (C=O) groups is 2. The van der Waals surface area contributed by atoms with Crippen LogP contribution in [0.15, 0.2) is 17.1 Å². The van der Waals surface area contributed by atoms with Crippen LogP contribution in [0.1, 0.15) is 49.2 Å². The fourth-order valence-corrected chi connectivity index (χ4v) is 2.35. The zero-order valence-corrected chi connectivity index (χ0v) is 14.8. The predicted molar refractivity (Wildman–Crippen MR) is 97.5 cm³/mol. The van der Waals surface area contributed by atoms with Gasteiger partial charge in [0.05, 0.1) is 0 Å². The lowest BCUT2D eigenvalue weighted by Gasteiger charge is -2.17. The van der Waals surface area contributed by atoms with E-state index in [9.17, 15) is 9.59 Å². The minimum Gasteiger partial charge on any atom is -0.370 e. The largest absolute Gasteiger partial charge is 0.370 e. The van der Waals surface area contributed by atoms with Crippen molar-refractivity contribution in [1.82, 2.24) is 10.6 Å². The van der Waals surface area contributed by atoms with Crippen molar-refractivity contribution in [3.8, 4) is 0 Å². The molecule has 0 spiro atoms. The molecule has 1 aromatic carbocycles. The molecule has 7 nitrogen and oxygen atoms in total. The van der Waals surface area contributed by atoms with Gasteiger partial charge in [-0.25, -0.2) is 4.79 Å². The van der Waals surface area contributed by atoms with Gasteiger partial charge in [-0.05, 0) is 49.9 Å². The van der Waals surface area contributed by atoms with Crippen molar-refractivity contribution in [3.63, 3.8) is 0 Å². The Morgan fingerprint density at radius 3 is 2.12 bits per heavy atom. The molecule has 0 saturated heterocycles. The summed E-state index contributed by atoms with van der Waals surface area (Å²) < 4.78 is 0. The summed E-state index contributed by atoms with van der Waals surface area (Å²) in [4.78, 5) is 28.1. The zero-order valence-electron chi connectivity index (χ0n) is 14.8. The minimum atomic E-state index is -0.445. The molecular formula is C17H27N5O2. The van der Waals surface area contributed by atoms with Gasteiger partial charge in [-0.2, -0.15) is 0 Å². The lowest BCUT2D eigenvalue weighted by atomic mass is 9.98. The van der Waals surface area contributed by atoms with Gasteiger partial charge in [0.1, 0.15) is 0 Å². The van der Waals surface area contributed by atoms with Crippen LogP contribution < -0.4 is 21.7 Å². The molecule has 0 heterocycles. The van der Waals surface area contributed by atoms with E-state index in [1.165, 1.54) is 0 Å². The first-order valence-electron chi connectivity index (χ1n) is 8.28. The van der Waals surface area contributed by atoms with Crippen LogP contribution in [0.4, 0.5) is 10.5 Å². The number of nitrogens with two attached hydrogens (primary N) is 1. The summed E-state index contributed by atoms with van der Waals surface area (Å²) in [6, 6.07) is 3.17. The van der Waals surface area contributed by atoms with E-state index in [0.717, 1.165) is 16.8 Å². The standard InChI is InChI=1S/C17H27N5O2/c1-5-11-9-13(15(23)19-7-3)10-12(6-2)14(11)21-17(24)22-16(18)20-8-4/h9-10H,5-8H2,1-4H3,(H,19,23)(H4,18,20,21,22,24). The van der Waals surface area contributed by atoms with Crippen molar-refractivity contribution in [2.24, 2.45) is 10.7 Å². The first-order chi connectivity index (χ1) is 11.5. The number of hydrogen-bond acceptors (Lipinski definition) is 3. The zero-order chi connectivity index (χ0) is 18.1. The van der Waals surface area contributed by atoms with Gasteiger partial charge in [0.25, 0.3) is 5.91 Å². The van der Waals surface area contributed by atoms with Crippen molar-refractivity contribution in [3.05, 3.63) is 28.8 Å². The van der Waals surface area contributed by atoms with Crippen LogP contribution in [0.2, 0.25) is 0 Å². The summed E-state index contributed by atoms with van der Waals surface area (Å²) >= 11 is 0. The Labute approximate surface area is 143 Å². The molecule has 0 aliphatic carbocycles. The van der Waals surface area contributed by atoms with E-state index in [4.69, 9.17) is 5.73 Å². The lowest BCUT2D eigenvalue weighted by molar-refractivity contribution is 0.0955. The van der Waals surface area contributed by atoms with Gasteiger partial charge in [-0.15, -0.1) is 0 Å². The molecule has 0 bridgehead atoms. The number of urea groups is 1. The highest BCUT2D eigenvalue weighted by Gasteiger charge is 2.15. The molecule has 0 unspecified atom stereocenters. The summed E-state index contributed by atoms with van der Waals surface area (Å²) in [7, 11) is 0. The van der Waals surface area contributed by atoms with Crippen molar-refractivity contribution in [2.75, 3.05) is 18.4 Å². The molecule has 24 heavy (non-hydrogen) atoms. The first-order valence-corrected chi connectivity index (χ1v) is 8.28. The number of rotatable bonds is 6. The number of aryl methyl sites for hydroxylation is 2. The van der Waals surface area contributed by atoms with Crippen LogP contribution in [0.5, 0.6) is 0 Å². The predicted octanol–water partition coefficient (Wildman–Crippen LogP) is 2.02. The maximum Gasteiger partial charge on any atom is 0.326 e. The Hall–Kier alpha value is -2.57. The number of amides is 3. The van der Waals surface area contributed by atoms with Crippen LogP contribution >= 0.6 is 0 Å². The van der Waals surface area contributed by atoms with Crippen molar-refractivity contribution in [2.45, 2.75) is 40.5 Å². The summed E-state index contributed by atoms with van der Waals surface area (Å²) in [6.07, 6.45) is 1.38. The number of carbonyl (C=O) groups excluding carboxylic acids is 2. The van der Waals surface area contributed by atoms with E-state index in [1.54, 1.807) is 0 Å². The molecule has 0 atom stereocenters. The Kier molecular flexibility index (Phi) is 7.74. The third-order valence-corrected chi connectivity index (χ3v) is 3.47. The molecule has 0 aliphatic rings. The van der Waals surface area contributed by atoms with Crippen LogP contribution in [0.25, 0.3) is 0 Å². The van der Waals surface area contributed by atoms with Crippen molar-refractivity contribution < 1.29 is 9.59 Å². The summed E-state index contributed by atoms with van der Waals surface area (Å²) in [6.45, 7) is 8.73. The molecule has 5 N–H and O–H groups in total. The normalized spacial score (nSPS) is 11.1. The second kappa shape index (κ2) is 9.54. The van der Waals surface area contributed by atoms with Crippen molar-refractivity contribution in [1.29, 1.82) is 0 Å². The molecular weight excluding hydrogens is 306 g/mol. The number of benzene rings is 1. The Balaban J connectivity index is 3.11. The summed E-state index contributed by atoms with van der Waals surface area (Å²) in [5, 5.41) is 8.11. The van der Waals surface area contributed by atoms with Gasteiger partial charge in [-0.3, -0.25) is 15.1 Å².